The van der Waals surface area contributed by atoms with Crippen LogP contribution in [0.4, 0.5) is 5.69 Å². The number of rotatable bonds is 7. The van der Waals surface area contributed by atoms with Gasteiger partial charge in [0, 0.05) is 48.7 Å². The number of hydrogen-bond donors (Lipinski definition) is 1. The van der Waals surface area contributed by atoms with Gasteiger partial charge >= 0.3 is 0 Å². The normalized spacial score (nSPS) is 16.1. The first kappa shape index (κ1) is 22.3. The molecule has 0 saturated heterocycles. The van der Waals surface area contributed by atoms with E-state index in [4.69, 9.17) is 0 Å². The molecule has 0 aliphatic carbocycles. The number of anilines is 1. The molecule has 1 N–H and O–H groups in total. The molecule has 1 aliphatic heterocycles. The third-order valence-corrected chi connectivity index (χ3v) is 7.38. The average Bonchev–Trinajstić information content (AvgIpc) is 3.43. The monoisotopic (exact) mass is 515 g/mol. The second-order valence-electron chi connectivity index (χ2n) is 7.72. The fourth-order valence-corrected chi connectivity index (χ4v) is 5.95. The Labute approximate surface area is 195 Å². The Kier molecular flexibility index (Phi) is 6.19. The number of halogens is 1. The molecule has 1 aliphatic rings. The predicted octanol–water partition coefficient (Wildman–Crippen LogP) is 2.55. The lowest BCUT2D eigenvalue weighted by molar-refractivity contribution is 0.329. The number of nitrogens with one attached hydrogen (secondary N) is 1. The van der Waals surface area contributed by atoms with Crippen LogP contribution in [0, 0.1) is 11.3 Å². The van der Waals surface area contributed by atoms with Gasteiger partial charge in [-0.2, -0.15) is 9.57 Å². The van der Waals surface area contributed by atoms with Gasteiger partial charge in [-0.15, -0.1) is 0 Å². The van der Waals surface area contributed by atoms with Crippen LogP contribution in [0.5, 0.6) is 0 Å². The van der Waals surface area contributed by atoms with Crippen LogP contribution >= 0.6 is 15.9 Å². The van der Waals surface area contributed by atoms with E-state index < -0.39 is 10.0 Å². The molecule has 0 amide bonds. The summed E-state index contributed by atoms with van der Waals surface area (Å²) in [6.07, 6.45) is 6.79. The summed E-state index contributed by atoms with van der Waals surface area (Å²) in [5, 5.41) is 9.37. The molecule has 0 radical (unpaired) electrons. The van der Waals surface area contributed by atoms with Gasteiger partial charge in [0.05, 0.1) is 36.5 Å². The third kappa shape index (κ3) is 4.48. The number of H-pyrrole nitrogens is 1. The molecule has 3 aromatic rings. The fourth-order valence-electron chi connectivity index (χ4n) is 3.94. The summed E-state index contributed by atoms with van der Waals surface area (Å²) < 4.78 is 30.7. The summed E-state index contributed by atoms with van der Waals surface area (Å²) in [6, 6.07) is 7.31. The minimum Gasteiger partial charge on any atom is -0.364 e. The standard InChI is InChI=1S/C21H22BrN7O2S/c1-15(22)9-29(32(30,31)21-12-27(2)14-26-21)19-6-17-5-16(7-23)3-4-20(17)28(11-19)10-18-8-24-13-25-18/h3-5,8,12-14,19H,1,6,9-11H2,2H3,(H,24,25). The topological polar surface area (TPSA) is 111 Å². The van der Waals surface area contributed by atoms with E-state index in [9.17, 15) is 13.7 Å². The SMILES string of the molecule is C=C(Br)CN(C1Cc2cc(C#N)ccc2N(Cc2cnc[nH]2)C1)S(=O)(=O)c1cn(C)cn1. The molecule has 1 unspecified atom stereocenters. The third-order valence-electron chi connectivity index (χ3n) is 5.34. The summed E-state index contributed by atoms with van der Waals surface area (Å²) in [6.45, 7) is 4.97. The molecule has 4 rings (SSSR count). The van der Waals surface area contributed by atoms with Crippen LogP contribution in [-0.4, -0.2) is 51.4 Å². The van der Waals surface area contributed by atoms with E-state index in [2.05, 4.69) is 48.4 Å². The van der Waals surface area contributed by atoms with E-state index in [1.54, 1.807) is 30.2 Å². The van der Waals surface area contributed by atoms with Crippen molar-refractivity contribution in [1.82, 2.24) is 23.8 Å². The zero-order valence-corrected chi connectivity index (χ0v) is 19.8. The largest absolute Gasteiger partial charge is 0.364 e. The number of aromatic nitrogens is 4. The number of aryl methyl sites for hydroxylation is 1. The molecular formula is C21H22BrN7O2S. The Hall–Kier alpha value is -2.94. The Morgan fingerprint density at radius 3 is 2.91 bits per heavy atom. The molecule has 1 atom stereocenters. The van der Waals surface area contributed by atoms with Crippen molar-refractivity contribution in [1.29, 1.82) is 5.26 Å². The first-order valence-electron chi connectivity index (χ1n) is 9.86. The van der Waals surface area contributed by atoms with Crippen molar-refractivity contribution in [2.24, 2.45) is 7.05 Å². The van der Waals surface area contributed by atoms with E-state index in [1.807, 2.05) is 12.1 Å². The maximum absolute atomic E-state index is 13.5. The van der Waals surface area contributed by atoms with Crippen LogP contribution < -0.4 is 4.90 Å². The van der Waals surface area contributed by atoms with Crippen molar-refractivity contribution < 1.29 is 8.42 Å². The maximum Gasteiger partial charge on any atom is 0.262 e. The lowest BCUT2D eigenvalue weighted by atomic mass is 9.96. The number of benzene rings is 1. The first-order valence-corrected chi connectivity index (χ1v) is 12.1. The molecule has 11 heteroatoms. The van der Waals surface area contributed by atoms with E-state index in [-0.39, 0.29) is 17.6 Å². The van der Waals surface area contributed by atoms with Crippen LogP contribution in [0.1, 0.15) is 16.8 Å². The molecule has 0 saturated carbocycles. The summed E-state index contributed by atoms with van der Waals surface area (Å²) in [7, 11) is -2.15. The number of fused-ring (bicyclic) bond motifs is 1. The second-order valence-corrected chi connectivity index (χ2v) is 10.7. The van der Waals surface area contributed by atoms with Crippen molar-refractivity contribution in [2.75, 3.05) is 18.0 Å². The van der Waals surface area contributed by atoms with Gasteiger partial charge in [-0.05, 0) is 30.2 Å². The van der Waals surface area contributed by atoms with Crippen molar-refractivity contribution >= 4 is 31.6 Å². The van der Waals surface area contributed by atoms with E-state index in [0.29, 0.717) is 29.6 Å². The number of aromatic amines is 1. The summed E-state index contributed by atoms with van der Waals surface area (Å²) in [5.74, 6) is 0. The average molecular weight is 516 g/mol. The highest BCUT2D eigenvalue weighted by molar-refractivity contribution is 9.11. The van der Waals surface area contributed by atoms with Crippen molar-refractivity contribution in [2.45, 2.75) is 24.0 Å². The minimum atomic E-state index is -3.88. The Balaban J connectivity index is 1.75. The number of sulfonamides is 1. The van der Waals surface area contributed by atoms with Crippen molar-refractivity contribution in [3.05, 3.63) is 71.1 Å². The molecule has 0 spiro atoms. The van der Waals surface area contributed by atoms with Crippen LogP contribution in [0.25, 0.3) is 0 Å². The highest BCUT2D eigenvalue weighted by Crippen LogP contribution is 2.33. The van der Waals surface area contributed by atoms with Gasteiger partial charge in [0.2, 0.25) is 0 Å². The Morgan fingerprint density at radius 1 is 1.47 bits per heavy atom. The molecule has 1 aromatic carbocycles. The van der Waals surface area contributed by atoms with E-state index >= 15 is 0 Å². The van der Waals surface area contributed by atoms with Crippen LogP contribution in [0.3, 0.4) is 0 Å². The highest BCUT2D eigenvalue weighted by atomic mass is 79.9. The van der Waals surface area contributed by atoms with Gasteiger partial charge in [0.1, 0.15) is 0 Å². The fraction of sp³-hybridized carbons (Fsp3) is 0.286. The molecule has 166 valence electrons. The van der Waals surface area contributed by atoms with Crippen LogP contribution in [-0.2, 0) is 30.0 Å². The van der Waals surface area contributed by atoms with E-state index in [1.165, 1.54) is 16.8 Å². The molecule has 2 aromatic heterocycles. The molecule has 3 heterocycles. The van der Waals surface area contributed by atoms with Gasteiger partial charge in [0.25, 0.3) is 10.0 Å². The Morgan fingerprint density at radius 2 is 2.28 bits per heavy atom. The van der Waals surface area contributed by atoms with Crippen LogP contribution in [0.15, 0.2) is 59.3 Å². The number of hydrogen-bond acceptors (Lipinski definition) is 6. The number of nitrogens with zero attached hydrogens (tertiary/aromatic N) is 6. The molecule has 0 fully saturated rings. The van der Waals surface area contributed by atoms with Gasteiger partial charge in [0.15, 0.2) is 5.03 Å². The van der Waals surface area contributed by atoms with Gasteiger partial charge in [-0.25, -0.2) is 18.4 Å². The highest BCUT2D eigenvalue weighted by Gasteiger charge is 2.37. The molecule has 9 nitrogen and oxygen atoms in total. The predicted molar refractivity (Wildman–Crippen MR) is 123 cm³/mol. The van der Waals surface area contributed by atoms with Gasteiger partial charge in [-0.1, -0.05) is 22.5 Å². The van der Waals surface area contributed by atoms with E-state index in [0.717, 1.165) is 16.9 Å². The maximum atomic E-state index is 13.5. The summed E-state index contributed by atoms with van der Waals surface area (Å²) in [4.78, 5) is 13.4. The zero-order chi connectivity index (χ0) is 22.9. The number of nitriles is 1. The zero-order valence-electron chi connectivity index (χ0n) is 17.4. The smallest absolute Gasteiger partial charge is 0.262 e. The first-order chi connectivity index (χ1) is 15.3. The van der Waals surface area contributed by atoms with Gasteiger partial charge in [-0.3, -0.25) is 0 Å². The summed E-state index contributed by atoms with van der Waals surface area (Å²) >= 11 is 3.33. The van der Waals surface area contributed by atoms with Crippen molar-refractivity contribution in [3.8, 4) is 6.07 Å². The van der Waals surface area contributed by atoms with Gasteiger partial charge < -0.3 is 14.5 Å². The van der Waals surface area contributed by atoms with Crippen molar-refractivity contribution in [3.63, 3.8) is 0 Å². The quantitative estimate of drug-likeness (QED) is 0.517. The lowest BCUT2D eigenvalue weighted by Crippen LogP contribution is -2.51. The molecule has 32 heavy (non-hydrogen) atoms. The molecular weight excluding hydrogens is 494 g/mol. The molecule has 0 bridgehead atoms. The Bertz CT molecular complexity index is 1280. The summed E-state index contributed by atoms with van der Waals surface area (Å²) in [5.41, 5.74) is 3.34. The second kappa shape index (κ2) is 8.90. The number of imidazole rings is 2. The minimum absolute atomic E-state index is 0.00885. The van der Waals surface area contributed by atoms with Crippen LogP contribution in [0.2, 0.25) is 0 Å². The lowest BCUT2D eigenvalue weighted by Gasteiger charge is -2.40.